The highest BCUT2D eigenvalue weighted by atomic mass is 16.3. The van der Waals surface area contributed by atoms with Crippen molar-refractivity contribution in [2.24, 2.45) is 0 Å². The summed E-state index contributed by atoms with van der Waals surface area (Å²) in [6.45, 7) is 4.96. The van der Waals surface area contributed by atoms with Gasteiger partial charge < -0.3 is 10.4 Å². The SMILES string of the molecule is CCCC1(C)NC(=O)C(C(C)=O)=C1O. The maximum absolute atomic E-state index is 11.4. The molecule has 78 valence electrons. The first kappa shape index (κ1) is 10.8. The molecule has 14 heavy (non-hydrogen) atoms. The highest BCUT2D eigenvalue weighted by Gasteiger charge is 2.42. The lowest BCUT2D eigenvalue weighted by atomic mass is 9.94. The van der Waals surface area contributed by atoms with E-state index in [2.05, 4.69) is 5.32 Å². The van der Waals surface area contributed by atoms with Crippen LogP contribution in [0.5, 0.6) is 0 Å². The zero-order valence-corrected chi connectivity index (χ0v) is 8.68. The molecule has 0 aliphatic carbocycles. The van der Waals surface area contributed by atoms with Crippen LogP contribution in [0.25, 0.3) is 0 Å². The normalized spacial score (nSPS) is 26.6. The minimum atomic E-state index is -0.757. The molecule has 0 bridgehead atoms. The number of hydrogen-bond donors (Lipinski definition) is 2. The molecule has 2 N–H and O–H groups in total. The van der Waals surface area contributed by atoms with Crippen LogP contribution in [0.3, 0.4) is 0 Å². The predicted octanol–water partition coefficient (Wildman–Crippen LogP) is 1.08. The Morgan fingerprint density at radius 3 is 2.50 bits per heavy atom. The third-order valence-corrected chi connectivity index (χ3v) is 2.48. The van der Waals surface area contributed by atoms with Crippen molar-refractivity contribution < 1.29 is 14.7 Å². The van der Waals surface area contributed by atoms with E-state index in [1.54, 1.807) is 6.92 Å². The van der Waals surface area contributed by atoms with Crippen LogP contribution in [0, 0.1) is 0 Å². The average Bonchev–Trinajstić information content (AvgIpc) is 2.23. The molecule has 0 aromatic rings. The summed E-state index contributed by atoms with van der Waals surface area (Å²) in [6, 6.07) is 0. The number of hydrogen-bond acceptors (Lipinski definition) is 3. The largest absolute Gasteiger partial charge is 0.509 e. The Hall–Kier alpha value is -1.32. The van der Waals surface area contributed by atoms with Gasteiger partial charge in [-0.1, -0.05) is 13.3 Å². The summed E-state index contributed by atoms with van der Waals surface area (Å²) in [6.07, 6.45) is 1.45. The van der Waals surface area contributed by atoms with E-state index in [-0.39, 0.29) is 17.1 Å². The van der Waals surface area contributed by atoms with Gasteiger partial charge in [-0.15, -0.1) is 0 Å². The molecule has 0 spiro atoms. The molecular weight excluding hydrogens is 182 g/mol. The maximum atomic E-state index is 11.4. The van der Waals surface area contributed by atoms with Crippen LogP contribution in [0.4, 0.5) is 0 Å². The molecule has 1 amide bonds. The van der Waals surface area contributed by atoms with Gasteiger partial charge in [-0.3, -0.25) is 9.59 Å². The Labute approximate surface area is 83.0 Å². The summed E-state index contributed by atoms with van der Waals surface area (Å²) in [5.41, 5.74) is -0.853. The van der Waals surface area contributed by atoms with Crippen LogP contribution >= 0.6 is 0 Å². The molecule has 1 aliphatic rings. The third-order valence-electron chi connectivity index (χ3n) is 2.48. The van der Waals surface area contributed by atoms with Crippen molar-refractivity contribution in [2.45, 2.75) is 39.2 Å². The number of nitrogens with one attached hydrogen (secondary N) is 1. The molecule has 0 fully saturated rings. The molecule has 0 aromatic carbocycles. The second-order valence-electron chi connectivity index (χ2n) is 3.82. The molecule has 1 rings (SSSR count). The van der Waals surface area contributed by atoms with Gasteiger partial charge in [0.25, 0.3) is 5.91 Å². The summed E-state index contributed by atoms with van der Waals surface area (Å²) in [4.78, 5) is 22.4. The Morgan fingerprint density at radius 2 is 2.14 bits per heavy atom. The highest BCUT2D eigenvalue weighted by Crippen LogP contribution is 2.29. The lowest BCUT2D eigenvalue weighted by Gasteiger charge is -2.23. The second-order valence-corrected chi connectivity index (χ2v) is 3.82. The van der Waals surface area contributed by atoms with Crippen molar-refractivity contribution in [2.75, 3.05) is 0 Å². The van der Waals surface area contributed by atoms with Crippen molar-refractivity contribution in [3.05, 3.63) is 11.3 Å². The summed E-state index contributed by atoms with van der Waals surface area (Å²) in [5.74, 6) is -0.970. The molecule has 1 heterocycles. The number of carbonyl (C=O) groups is 2. The second kappa shape index (κ2) is 3.44. The van der Waals surface area contributed by atoms with E-state index in [9.17, 15) is 14.7 Å². The fourth-order valence-electron chi connectivity index (χ4n) is 1.76. The van der Waals surface area contributed by atoms with Crippen LogP contribution in [-0.2, 0) is 9.59 Å². The van der Waals surface area contributed by atoms with Crippen LogP contribution in [0.1, 0.15) is 33.6 Å². The fourth-order valence-corrected chi connectivity index (χ4v) is 1.76. The van der Waals surface area contributed by atoms with E-state index in [4.69, 9.17) is 0 Å². The number of carbonyl (C=O) groups excluding carboxylic acids is 2. The fraction of sp³-hybridized carbons (Fsp3) is 0.600. The molecule has 1 atom stereocenters. The summed E-state index contributed by atoms with van der Waals surface area (Å²) < 4.78 is 0. The van der Waals surface area contributed by atoms with E-state index in [0.29, 0.717) is 6.42 Å². The minimum Gasteiger partial charge on any atom is -0.509 e. The maximum Gasteiger partial charge on any atom is 0.259 e. The average molecular weight is 197 g/mol. The molecule has 4 heteroatoms. The van der Waals surface area contributed by atoms with Crippen molar-refractivity contribution in [1.82, 2.24) is 5.32 Å². The Bertz CT molecular complexity index is 319. The van der Waals surface area contributed by atoms with Gasteiger partial charge in [0.15, 0.2) is 5.78 Å². The molecule has 0 radical (unpaired) electrons. The van der Waals surface area contributed by atoms with Gasteiger partial charge in [0.05, 0.1) is 5.54 Å². The number of ketones is 1. The van der Waals surface area contributed by atoms with Crippen molar-refractivity contribution >= 4 is 11.7 Å². The standard InChI is InChI=1S/C10H15NO3/c1-4-5-10(3)8(13)7(6(2)12)9(14)11-10/h13H,4-5H2,1-3H3,(H,11,14). The Kier molecular flexibility index (Phi) is 2.64. The molecule has 1 unspecified atom stereocenters. The van der Waals surface area contributed by atoms with Crippen LogP contribution < -0.4 is 5.32 Å². The molecule has 0 aromatic heterocycles. The van der Waals surface area contributed by atoms with Gasteiger partial charge in [-0.25, -0.2) is 0 Å². The van der Waals surface area contributed by atoms with E-state index in [1.807, 2.05) is 6.92 Å². The summed E-state index contributed by atoms with van der Waals surface area (Å²) in [7, 11) is 0. The summed E-state index contributed by atoms with van der Waals surface area (Å²) >= 11 is 0. The van der Waals surface area contributed by atoms with E-state index >= 15 is 0 Å². The van der Waals surface area contributed by atoms with Gasteiger partial charge in [0, 0.05) is 0 Å². The quantitative estimate of drug-likeness (QED) is 0.665. The zero-order valence-electron chi connectivity index (χ0n) is 8.68. The first-order valence-corrected chi connectivity index (χ1v) is 4.69. The van der Waals surface area contributed by atoms with Gasteiger partial charge in [0.1, 0.15) is 11.3 Å². The first-order valence-electron chi connectivity index (χ1n) is 4.69. The Morgan fingerprint density at radius 1 is 1.57 bits per heavy atom. The van der Waals surface area contributed by atoms with Crippen LogP contribution in [0.2, 0.25) is 0 Å². The topological polar surface area (TPSA) is 66.4 Å². The van der Waals surface area contributed by atoms with Crippen molar-refractivity contribution in [3.63, 3.8) is 0 Å². The smallest absolute Gasteiger partial charge is 0.259 e. The molecular formula is C10H15NO3. The monoisotopic (exact) mass is 197 g/mol. The molecule has 0 saturated heterocycles. The minimum absolute atomic E-state index is 0.0963. The number of Topliss-reactive ketones (excluding diaryl/α,β-unsaturated/α-hetero) is 1. The molecule has 1 aliphatic heterocycles. The predicted molar refractivity (Wildman–Crippen MR) is 51.8 cm³/mol. The number of aliphatic hydroxyl groups excluding tert-OH is 1. The van der Waals surface area contributed by atoms with Crippen molar-refractivity contribution in [1.29, 1.82) is 0 Å². The summed E-state index contributed by atoms with van der Waals surface area (Å²) in [5, 5.41) is 12.4. The van der Waals surface area contributed by atoms with Gasteiger partial charge >= 0.3 is 0 Å². The lowest BCUT2D eigenvalue weighted by Crippen LogP contribution is -2.41. The number of amides is 1. The van der Waals surface area contributed by atoms with Gasteiger partial charge in [0.2, 0.25) is 0 Å². The highest BCUT2D eigenvalue weighted by molar-refractivity contribution is 6.20. The van der Waals surface area contributed by atoms with Crippen LogP contribution in [-0.4, -0.2) is 22.3 Å². The van der Waals surface area contributed by atoms with Gasteiger partial charge in [-0.2, -0.15) is 0 Å². The first-order chi connectivity index (χ1) is 6.42. The van der Waals surface area contributed by atoms with Gasteiger partial charge in [-0.05, 0) is 20.3 Å². The van der Waals surface area contributed by atoms with E-state index in [1.165, 1.54) is 6.92 Å². The van der Waals surface area contributed by atoms with E-state index < -0.39 is 11.4 Å². The Balaban J connectivity index is 3.09. The zero-order chi connectivity index (χ0) is 10.9. The molecule has 4 nitrogen and oxygen atoms in total. The van der Waals surface area contributed by atoms with Crippen molar-refractivity contribution in [3.8, 4) is 0 Å². The lowest BCUT2D eigenvalue weighted by molar-refractivity contribution is -0.121. The number of aliphatic hydroxyl groups is 1. The van der Waals surface area contributed by atoms with Crippen LogP contribution in [0.15, 0.2) is 11.3 Å². The number of rotatable bonds is 3. The van der Waals surface area contributed by atoms with E-state index in [0.717, 1.165) is 6.42 Å². The third kappa shape index (κ3) is 1.52. The molecule has 0 saturated carbocycles.